The maximum absolute atomic E-state index is 12.7. The molecule has 0 unspecified atom stereocenters. The molecule has 0 aliphatic carbocycles. The Morgan fingerprint density at radius 2 is 2.11 bits per heavy atom. The number of aryl methyl sites for hydroxylation is 1. The summed E-state index contributed by atoms with van der Waals surface area (Å²) in [6, 6.07) is 10.3. The second-order valence-corrected chi connectivity index (χ2v) is 8.57. The number of ether oxygens (including phenoxy) is 1. The number of benzene rings is 1. The van der Waals surface area contributed by atoms with Gasteiger partial charge < -0.3 is 13.7 Å². The van der Waals surface area contributed by atoms with Crippen molar-refractivity contribution in [2.45, 2.75) is 17.6 Å². The topological polar surface area (TPSA) is 94.6 Å². The van der Waals surface area contributed by atoms with Crippen molar-refractivity contribution in [3.8, 4) is 17.1 Å². The summed E-state index contributed by atoms with van der Waals surface area (Å²) < 4.78 is 43.8. The van der Waals surface area contributed by atoms with Gasteiger partial charge in [-0.05, 0) is 37.3 Å². The lowest BCUT2D eigenvalue weighted by Crippen LogP contribution is -2.26. The van der Waals surface area contributed by atoms with Crippen molar-refractivity contribution in [2.75, 3.05) is 19.4 Å². The summed E-state index contributed by atoms with van der Waals surface area (Å²) in [5.74, 6) is 2.94. The van der Waals surface area contributed by atoms with E-state index in [0.29, 0.717) is 29.4 Å². The van der Waals surface area contributed by atoms with E-state index in [9.17, 15) is 8.42 Å². The molecule has 0 radical (unpaired) electrons. The normalized spacial score (nSPS) is 11.6. The molecule has 0 fully saturated rings. The number of nitrogens with one attached hydrogen (secondary N) is 1. The zero-order chi connectivity index (χ0) is 19.3. The van der Waals surface area contributed by atoms with Gasteiger partial charge in [0.25, 0.3) is 0 Å². The molecule has 3 aromatic rings. The highest BCUT2D eigenvalue weighted by Gasteiger charge is 2.21. The van der Waals surface area contributed by atoms with E-state index in [4.69, 9.17) is 13.7 Å². The van der Waals surface area contributed by atoms with Gasteiger partial charge >= 0.3 is 0 Å². The van der Waals surface area contributed by atoms with Gasteiger partial charge in [-0.2, -0.15) is 11.8 Å². The van der Waals surface area contributed by atoms with E-state index < -0.39 is 10.0 Å². The number of rotatable bonds is 9. The molecule has 0 aliphatic rings. The van der Waals surface area contributed by atoms with E-state index in [1.165, 1.54) is 13.2 Å². The molecule has 0 bridgehead atoms. The first-order valence-electron chi connectivity index (χ1n) is 8.21. The number of hydrogen-bond acceptors (Lipinski definition) is 7. The lowest BCUT2D eigenvalue weighted by molar-refractivity contribution is 0.402. The Morgan fingerprint density at radius 3 is 2.78 bits per heavy atom. The third-order valence-electron chi connectivity index (χ3n) is 3.73. The van der Waals surface area contributed by atoms with E-state index in [-0.39, 0.29) is 10.6 Å². The van der Waals surface area contributed by atoms with Crippen LogP contribution in [-0.4, -0.2) is 33.0 Å². The van der Waals surface area contributed by atoms with Crippen molar-refractivity contribution in [1.82, 2.24) is 9.88 Å². The van der Waals surface area contributed by atoms with E-state index in [2.05, 4.69) is 9.88 Å². The predicted molar refractivity (Wildman–Crippen MR) is 103 cm³/mol. The van der Waals surface area contributed by atoms with E-state index in [1.54, 1.807) is 43.1 Å². The predicted octanol–water partition coefficient (Wildman–Crippen LogP) is 3.46. The Morgan fingerprint density at radius 1 is 1.26 bits per heavy atom. The number of sulfonamides is 1. The molecular weight excluding hydrogens is 388 g/mol. The Balaban J connectivity index is 1.68. The summed E-state index contributed by atoms with van der Waals surface area (Å²) in [5.41, 5.74) is 1.33. The largest absolute Gasteiger partial charge is 0.495 e. The third-order valence-corrected chi connectivity index (χ3v) is 6.19. The molecule has 0 saturated heterocycles. The van der Waals surface area contributed by atoms with Crippen LogP contribution in [-0.2, 0) is 15.8 Å². The Bertz CT molecular complexity index is 981. The summed E-state index contributed by atoms with van der Waals surface area (Å²) in [5, 5.41) is 3.84. The first-order chi connectivity index (χ1) is 13.0. The second-order valence-electron chi connectivity index (χ2n) is 5.73. The lowest BCUT2D eigenvalue weighted by atomic mass is 10.1. The molecule has 0 spiro atoms. The molecule has 0 aliphatic heterocycles. The number of methoxy groups -OCH3 is 1. The average molecular weight is 409 g/mol. The van der Waals surface area contributed by atoms with E-state index >= 15 is 0 Å². The van der Waals surface area contributed by atoms with Crippen LogP contribution in [0.4, 0.5) is 0 Å². The zero-order valence-corrected chi connectivity index (χ0v) is 16.6. The highest BCUT2D eigenvalue weighted by atomic mass is 32.2. The van der Waals surface area contributed by atoms with Crippen molar-refractivity contribution in [2.24, 2.45) is 0 Å². The molecule has 0 amide bonds. The molecule has 1 N–H and O–H groups in total. The lowest BCUT2D eigenvalue weighted by Gasteiger charge is -2.11. The third kappa shape index (κ3) is 4.94. The fourth-order valence-corrected chi connectivity index (χ4v) is 4.54. The molecule has 1 aromatic carbocycles. The summed E-state index contributed by atoms with van der Waals surface area (Å²) in [6.07, 6.45) is 1.62. The van der Waals surface area contributed by atoms with Crippen molar-refractivity contribution in [3.05, 3.63) is 54.1 Å². The standard InChI is InChI=1S/C18H20N2O5S2/c1-13-10-17(25-20-13)14-5-6-16(23-2)18(11-14)27(21,22)19-7-9-26-12-15-4-3-8-24-15/h3-6,8,10-11,19H,7,9,12H2,1-2H3. The molecule has 0 saturated carbocycles. The van der Waals surface area contributed by atoms with Gasteiger partial charge in [-0.15, -0.1) is 0 Å². The zero-order valence-electron chi connectivity index (χ0n) is 15.0. The fourth-order valence-electron chi connectivity index (χ4n) is 2.43. The minimum atomic E-state index is -3.73. The van der Waals surface area contributed by atoms with Gasteiger partial charge in [0.1, 0.15) is 16.4 Å². The van der Waals surface area contributed by atoms with Crippen LogP contribution in [0.25, 0.3) is 11.3 Å². The maximum Gasteiger partial charge on any atom is 0.244 e. The van der Waals surface area contributed by atoms with Gasteiger partial charge in [-0.25, -0.2) is 13.1 Å². The Hall–Kier alpha value is -2.23. The summed E-state index contributed by atoms with van der Waals surface area (Å²) in [7, 11) is -2.30. The number of furan rings is 1. The molecular formula is C18H20N2O5S2. The highest BCUT2D eigenvalue weighted by molar-refractivity contribution is 7.98. The Kier molecular flexibility index (Phi) is 6.25. The molecule has 2 aromatic heterocycles. The number of hydrogen-bond donors (Lipinski definition) is 1. The first kappa shape index (κ1) is 19.5. The molecule has 3 rings (SSSR count). The summed E-state index contributed by atoms with van der Waals surface area (Å²) in [4.78, 5) is 0.0626. The van der Waals surface area contributed by atoms with Crippen molar-refractivity contribution >= 4 is 21.8 Å². The fraction of sp³-hybridized carbons (Fsp3) is 0.278. The van der Waals surface area contributed by atoms with Crippen LogP contribution in [0.3, 0.4) is 0 Å². The van der Waals surface area contributed by atoms with Gasteiger partial charge in [0.2, 0.25) is 10.0 Å². The SMILES string of the molecule is COc1ccc(-c2cc(C)no2)cc1S(=O)(=O)NCCSCc1ccco1. The second kappa shape index (κ2) is 8.64. The van der Waals surface area contributed by atoms with Gasteiger partial charge in [-0.3, -0.25) is 0 Å². The van der Waals surface area contributed by atoms with E-state index in [0.717, 1.165) is 11.5 Å². The van der Waals surface area contributed by atoms with Crippen molar-refractivity contribution in [3.63, 3.8) is 0 Å². The first-order valence-corrected chi connectivity index (χ1v) is 10.8. The van der Waals surface area contributed by atoms with Gasteiger partial charge in [0.15, 0.2) is 5.76 Å². The summed E-state index contributed by atoms with van der Waals surface area (Å²) in [6.45, 7) is 2.10. The van der Waals surface area contributed by atoms with Gasteiger partial charge in [0, 0.05) is 23.9 Å². The molecule has 2 heterocycles. The van der Waals surface area contributed by atoms with Crippen LogP contribution in [0.2, 0.25) is 0 Å². The number of thioether (sulfide) groups is 1. The van der Waals surface area contributed by atoms with Crippen LogP contribution in [0.15, 0.2) is 56.5 Å². The van der Waals surface area contributed by atoms with E-state index in [1.807, 2.05) is 12.1 Å². The van der Waals surface area contributed by atoms with Crippen molar-refractivity contribution < 1.29 is 22.1 Å². The van der Waals surface area contributed by atoms with Crippen LogP contribution in [0.5, 0.6) is 5.75 Å². The monoisotopic (exact) mass is 408 g/mol. The average Bonchev–Trinajstić information content (AvgIpc) is 3.32. The molecule has 9 heteroatoms. The van der Waals surface area contributed by atoms with Crippen molar-refractivity contribution in [1.29, 1.82) is 0 Å². The van der Waals surface area contributed by atoms with Crippen LogP contribution in [0.1, 0.15) is 11.5 Å². The van der Waals surface area contributed by atoms with Crippen LogP contribution >= 0.6 is 11.8 Å². The Labute approximate surface area is 162 Å². The maximum atomic E-state index is 12.7. The smallest absolute Gasteiger partial charge is 0.244 e. The quantitative estimate of drug-likeness (QED) is 0.542. The minimum Gasteiger partial charge on any atom is -0.495 e. The molecule has 7 nitrogen and oxygen atoms in total. The number of nitrogens with zero attached hydrogens (tertiary/aromatic N) is 1. The molecule has 0 atom stereocenters. The highest BCUT2D eigenvalue weighted by Crippen LogP contribution is 2.30. The van der Waals surface area contributed by atoms with Crippen LogP contribution in [0, 0.1) is 6.92 Å². The summed E-state index contributed by atoms with van der Waals surface area (Å²) >= 11 is 1.58. The minimum absolute atomic E-state index is 0.0626. The molecule has 27 heavy (non-hydrogen) atoms. The molecule has 144 valence electrons. The van der Waals surface area contributed by atoms with Gasteiger partial charge in [-0.1, -0.05) is 5.16 Å². The van der Waals surface area contributed by atoms with Crippen LogP contribution < -0.4 is 9.46 Å². The van der Waals surface area contributed by atoms with Gasteiger partial charge in [0.05, 0.1) is 24.8 Å². The number of aromatic nitrogens is 1.